The van der Waals surface area contributed by atoms with Crippen molar-refractivity contribution < 1.29 is 19.8 Å². The van der Waals surface area contributed by atoms with E-state index in [2.05, 4.69) is 4.98 Å². The second-order valence-electron chi connectivity index (χ2n) is 6.09. The van der Waals surface area contributed by atoms with Gasteiger partial charge in [-0.15, -0.1) is 0 Å². The van der Waals surface area contributed by atoms with E-state index in [1.165, 1.54) is 18.0 Å². The molecule has 2 heterocycles. The number of β-amino-alcohol motifs (C(OH)–C–C–N with tert-alkyl or cyclic N) is 1. The Bertz CT molecular complexity index is 863. The van der Waals surface area contributed by atoms with Crippen molar-refractivity contribution in [2.75, 3.05) is 6.54 Å². The van der Waals surface area contributed by atoms with Crippen molar-refractivity contribution >= 4 is 29.1 Å². The zero-order valence-corrected chi connectivity index (χ0v) is 14.7. The average Bonchev–Trinajstić information content (AvgIpc) is 2.87. The SMILES string of the molecule is C[C@H](O)CN1C(=O)C(=O)C(=C(O)c2ccc(Cl)cc2)[C@H]1c1cccnc1. The summed E-state index contributed by atoms with van der Waals surface area (Å²) in [5, 5.41) is 21.0. The van der Waals surface area contributed by atoms with Crippen LogP contribution >= 0.6 is 11.6 Å². The first-order valence-corrected chi connectivity index (χ1v) is 8.40. The Morgan fingerprint density at radius 3 is 2.54 bits per heavy atom. The summed E-state index contributed by atoms with van der Waals surface area (Å²) in [6.07, 6.45) is 2.27. The number of likely N-dealkylation sites (tertiary alicyclic amines) is 1. The fourth-order valence-corrected chi connectivity index (χ4v) is 3.13. The third-order valence-corrected chi connectivity index (χ3v) is 4.37. The van der Waals surface area contributed by atoms with Gasteiger partial charge >= 0.3 is 0 Å². The predicted molar refractivity (Wildman–Crippen MR) is 96.4 cm³/mol. The van der Waals surface area contributed by atoms with Gasteiger partial charge in [0, 0.05) is 29.5 Å². The average molecular weight is 373 g/mol. The summed E-state index contributed by atoms with van der Waals surface area (Å²) in [6, 6.07) is 8.88. The molecule has 0 saturated carbocycles. The van der Waals surface area contributed by atoms with Crippen molar-refractivity contribution in [3.63, 3.8) is 0 Å². The van der Waals surface area contributed by atoms with Crippen LogP contribution in [0.4, 0.5) is 0 Å². The summed E-state index contributed by atoms with van der Waals surface area (Å²) >= 11 is 5.87. The maximum absolute atomic E-state index is 12.6. The highest BCUT2D eigenvalue weighted by molar-refractivity contribution is 6.46. The number of amides is 1. The maximum Gasteiger partial charge on any atom is 0.295 e. The number of aromatic nitrogens is 1. The highest BCUT2D eigenvalue weighted by Gasteiger charge is 2.46. The first kappa shape index (κ1) is 18.1. The molecule has 0 aliphatic carbocycles. The molecule has 3 rings (SSSR count). The number of pyridine rings is 1. The fourth-order valence-electron chi connectivity index (χ4n) is 3.00. The van der Waals surface area contributed by atoms with Crippen LogP contribution in [-0.4, -0.2) is 44.4 Å². The lowest BCUT2D eigenvalue weighted by atomic mass is 9.96. The van der Waals surface area contributed by atoms with E-state index >= 15 is 0 Å². The van der Waals surface area contributed by atoms with Crippen molar-refractivity contribution in [1.29, 1.82) is 0 Å². The lowest BCUT2D eigenvalue weighted by Crippen LogP contribution is -2.35. The second kappa shape index (κ2) is 7.27. The molecule has 0 spiro atoms. The highest BCUT2D eigenvalue weighted by Crippen LogP contribution is 2.39. The molecule has 2 atom stereocenters. The minimum absolute atomic E-state index is 0.0361. The van der Waals surface area contributed by atoms with E-state index in [4.69, 9.17) is 11.6 Å². The molecular weight excluding hydrogens is 356 g/mol. The molecule has 7 heteroatoms. The zero-order chi connectivity index (χ0) is 18.8. The highest BCUT2D eigenvalue weighted by atomic mass is 35.5. The largest absolute Gasteiger partial charge is 0.507 e. The molecule has 1 aliphatic heterocycles. The monoisotopic (exact) mass is 372 g/mol. The molecule has 1 aromatic heterocycles. The Balaban J connectivity index is 2.17. The van der Waals surface area contributed by atoms with Crippen LogP contribution in [0.15, 0.2) is 54.4 Å². The van der Waals surface area contributed by atoms with Gasteiger partial charge in [-0.05, 0) is 42.8 Å². The first-order chi connectivity index (χ1) is 12.4. The number of hydrogen-bond donors (Lipinski definition) is 2. The third kappa shape index (κ3) is 3.34. The Morgan fingerprint density at radius 1 is 1.27 bits per heavy atom. The van der Waals surface area contributed by atoms with E-state index in [0.717, 1.165) is 0 Å². The Labute approximate surface area is 155 Å². The van der Waals surface area contributed by atoms with Gasteiger partial charge in [-0.25, -0.2) is 0 Å². The number of carbonyl (C=O) groups excluding carboxylic acids is 2. The number of ketones is 1. The van der Waals surface area contributed by atoms with E-state index in [0.29, 0.717) is 16.1 Å². The lowest BCUT2D eigenvalue weighted by molar-refractivity contribution is -0.140. The minimum atomic E-state index is -0.831. The number of nitrogens with zero attached hydrogens (tertiary/aromatic N) is 2. The van der Waals surface area contributed by atoms with Crippen LogP contribution in [0.5, 0.6) is 0 Å². The molecule has 6 nitrogen and oxygen atoms in total. The second-order valence-corrected chi connectivity index (χ2v) is 6.53. The van der Waals surface area contributed by atoms with Crippen molar-refractivity contribution in [2.45, 2.75) is 19.1 Å². The molecular formula is C19H17ClN2O4. The number of aliphatic hydroxyl groups is 2. The lowest BCUT2D eigenvalue weighted by Gasteiger charge is -2.26. The Morgan fingerprint density at radius 2 is 1.96 bits per heavy atom. The number of carbonyl (C=O) groups is 2. The van der Waals surface area contributed by atoms with Crippen molar-refractivity contribution in [3.05, 3.63) is 70.5 Å². The van der Waals surface area contributed by atoms with Crippen LogP contribution in [-0.2, 0) is 9.59 Å². The van der Waals surface area contributed by atoms with Gasteiger partial charge in [0.15, 0.2) is 0 Å². The standard InChI is InChI=1S/C19H17ClN2O4/c1-11(23)10-22-16(13-3-2-8-21-9-13)15(18(25)19(22)26)17(24)12-4-6-14(20)7-5-12/h2-9,11,16,23-24H,10H2,1H3/t11-,16+/m0/s1. The van der Waals surface area contributed by atoms with Gasteiger partial charge in [0.1, 0.15) is 5.76 Å². The number of Topliss-reactive ketones (excluding diaryl/α,β-unsaturated/α-hetero) is 1. The van der Waals surface area contributed by atoms with Crippen LogP contribution in [0.25, 0.3) is 5.76 Å². The van der Waals surface area contributed by atoms with E-state index < -0.39 is 23.8 Å². The summed E-state index contributed by atoms with van der Waals surface area (Å²) in [4.78, 5) is 30.4. The van der Waals surface area contributed by atoms with Gasteiger partial charge in [0.2, 0.25) is 0 Å². The molecule has 1 saturated heterocycles. The van der Waals surface area contributed by atoms with Crippen LogP contribution in [0, 0.1) is 0 Å². The van der Waals surface area contributed by atoms with Gasteiger partial charge in [-0.2, -0.15) is 0 Å². The molecule has 134 valence electrons. The zero-order valence-electron chi connectivity index (χ0n) is 14.0. The third-order valence-electron chi connectivity index (χ3n) is 4.12. The van der Waals surface area contributed by atoms with Crippen LogP contribution in [0.1, 0.15) is 24.1 Å². The van der Waals surface area contributed by atoms with Gasteiger partial charge in [0.25, 0.3) is 11.7 Å². The molecule has 0 bridgehead atoms. The van der Waals surface area contributed by atoms with Crippen molar-refractivity contribution in [1.82, 2.24) is 9.88 Å². The number of hydrogen-bond acceptors (Lipinski definition) is 5. The van der Waals surface area contributed by atoms with Gasteiger partial charge in [-0.1, -0.05) is 17.7 Å². The molecule has 1 aliphatic rings. The van der Waals surface area contributed by atoms with Gasteiger partial charge < -0.3 is 15.1 Å². The van der Waals surface area contributed by atoms with Crippen molar-refractivity contribution in [3.8, 4) is 0 Å². The Hall–Kier alpha value is -2.70. The van der Waals surface area contributed by atoms with E-state index in [1.54, 1.807) is 42.6 Å². The molecule has 1 aromatic carbocycles. The quantitative estimate of drug-likeness (QED) is 0.489. The molecule has 0 unspecified atom stereocenters. The number of rotatable bonds is 4. The number of halogens is 1. The summed E-state index contributed by atoms with van der Waals surface area (Å²) in [5.74, 6) is -1.86. The van der Waals surface area contributed by atoms with Gasteiger partial charge in [-0.3, -0.25) is 14.6 Å². The molecule has 1 amide bonds. The molecule has 2 N–H and O–H groups in total. The molecule has 0 radical (unpaired) electrons. The fraction of sp³-hybridized carbons (Fsp3) is 0.211. The minimum Gasteiger partial charge on any atom is -0.507 e. The van der Waals surface area contributed by atoms with Crippen LogP contribution in [0.2, 0.25) is 5.02 Å². The summed E-state index contributed by atoms with van der Waals surface area (Å²) < 4.78 is 0. The topological polar surface area (TPSA) is 90.7 Å². The Kier molecular flexibility index (Phi) is 5.06. The number of benzene rings is 1. The summed E-state index contributed by atoms with van der Waals surface area (Å²) in [7, 11) is 0. The summed E-state index contributed by atoms with van der Waals surface area (Å²) in [6.45, 7) is 1.49. The van der Waals surface area contributed by atoms with Crippen LogP contribution < -0.4 is 0 Å². The molecule has 2 aromatic rings. The van der Waals surface area contributed by atoms with E-state index in [-0.39, 0.29) is 17.9 Å². The number of aliphatic hydroxyl groups excluding tert-OH is 2. The smallest absolute Gasteiger partial charge is 0.295 e. The van der Waals surface area contributed by atoms with Crippen molar-refractivity contribution in [2.24, 2.45) is 0 Å². The van der Waals surface area contributed by atoms with Crippen LogP contribution in [0.3, 0.4) is 0 Å². The van der Waals surface area contributed by atoms with E-state index in [1.807, 2.05) is 0 Å². The van der Waals surface area contributed by atoms with Gasteiger partial charge in [0.05, 0.1) is 17.7 Å². The first-order valence-electron chi connectivity index (χ1n) is 8.02. The normalized spacial score (nSPS) is 20.4. The molecule has 26 heavy (non-hydrogen) atoms. The summed E-state index contributed by atoms with van der Waals surface area (Å²) in [5.41, 5.74) is 0.909. The maximum atomic E-state index is 12.6. The van der Waals surface area contributed by atoms with E-state index in [9.17, 15) is 19.8 Å². The molecule has 1 fully saturated rings. The predicted octanol–water partition coefficient (Wildman–Crippen LogP) is 2.54.